The topological polar surface area (TPSA) is 58.6 Å². The van der Waals surface area contributed by atoms with E-state index >= 15 is 0 Å². The molecule has 2 amide bonds. The molecule has 37 heavy (non-hydrogen) atoms. The maximum Gasteiger partial charge on any atom is 0.261 e. The summed E-state index contributed by atoms with van der Waals surface area (Å²) in [5.41, 5.74) is 3.40. The Bertz CT molecular complexity index is 1260. The lowest BCUT2D eigenvalue weighted by Crippen LogP contribution is -2.41. The van der Waals surface area contributed by atoms with E-state index in [0.717, 1.165) is 16.7 Å². The Hall–Kier alpha value is -3.74. The van der Waals surface area contributed by atoms with Crippen molar-refractivity contribution in [3.8, 4) is 5.75 Å². The first kappa shape index (κ1) is 26.3. The fraction of sp³-hybridized carbons (Fsp3) is 0.333. The highest BCUT2D eigenvalue weighted by Gasteiger charge is 2.33. The molecule has 0 fully saturated rings. The van der Waals surface area contributed by atoms with Crippen LogP contribution in [0.1, 0.15) is 55.5 Å². The Morgan fingerprint density at radius 3 is 2.46 bits per heavy atom. The van der Waals surface area contributed by atoms with Gasteiger partial charge in [-0.25, -0.2) is 8.78 Å². The SMILES string of the molecule is CC(C)CC(=O)N1CCc2ccc(O[C@H](C)C(=O)NCc3ccc(F)cc3)cc2[C@H]1c1cccc(F)c1. The van der Waals surface area contributed by atoms with Crippen LogP contribution in [0.15, 0.2) is 66.7 Å². The van der Waals surface area contributed by atoms with E-state index in [1.807, 2.05) is 43.0 Å². The zero-order chi connectivity index (χ0) is 26.5. The van der Waals surface area contributed by atoms with Gasteiger partial charge in [-0.15, -0.1) is 0 Å². The molecule has 0 radical (unpaired) electrons. The van der Waals surface area contributed by atoms with Crippen LogP contribution in [-0.2, 0) is 22.6 Å². The second-order valence-electron chi connectivity index (χ2n) is 9.86. The predicted octanol–water partition coefficient (Wildman–Crippen LogP) is 5.57. The van der Waals surface area contributed by atoms with Crippen molar-refractivity contribution in [1.29, 1.82) is 0 Å². The number of benzene rings is 3. The minimum Gasteiger partial charge on any atom is -0.481 e. The number of fused-ring (bicyclic) bond motifs is 1. The van der Waals surface area contributed by atoms with Crippen molar-refractivity contribution in [3.63, 3.8) is 0 Å². The average molecular weight is 507 g/mol. The van der Waals surface area contributed by atoms with Gasteiger partial charge in [0, 0.05) is 19.5 Å². The molecule has 0 saturated heterocycles. The molecule has 0 unspecified atom stereocenters. The minimum absolute atomic E-state index is 0.0229. The van der Waals surface area contributed by atoms with E-state index in [1.165, 1.54) is 24.3 Å². The molecular formula is C30H32F2N2O3. The summed E-state index contributed by atoms with van der Waals surface area (Å²) in [6.45, 7) is 6.46. The Morgan fingerprint density at radius 1 is 1.00 bits per heavy atom. The molecule has 1 aliphatic rings. The molecular weight excluding hydrogens is 474 g/mol. The average Bonchev–Trinajstić information content (AvgIpc) is 2.87. The van der Waals surface area contributed by atoms with Gasteiger partial charge >= 0.3 is 0 Å². The van der Waals surface area contributed by atoms with Crippen molar-refractivity contribution in [2.45, 2.75) is 52.3 Å². The predicted molar refractivity (Wildman–Crippen MR) is 138 cm³/mol. The number of amides is 2. The summed E-state index contributed by atoms with van der Waals surface area (Å²) in [5.74, 6) is -0.291. The maximum absolute atomic E-state index is 14.2. The summed E-state index contributed by atoms with van der Waals surface area (Å²) in [6, 6.07) is 17.4. The van der Waals surface area contributed by atoms with Gasteiger partial charge in [0.1, 0.15) is 17.4 Å². The van der Waals surface area contributed by atoms with Gasteiger partial charge in [0.15, 0.2) is 6.10 Å². The van der Waals surface area contributed by atoms with E-state index in [1.54, 1.807) is 25.1 Å². The number of hydrogen-bond donors (Lipinski definition) is 1. The molecule has 1 aliphatic heterocycles. The molecule has 0 aromatic heterocycles. The molecule has 1 N–H and O–H groups in total. The van der Waals surface area contributed by atoms with Crippen molar-refractivity contribution in [1.82, 2.24) is 10.2 Å². The quantitative estimate of drug-likeness (QED) is 0.435. The lowest BCUT2D eigenvalue weighted by Gasteiger charge is -2.38. The van der Waals surface area contributed by atoms with Crippen LogP contribution in [0.3, 0.4) is 0 Å². The number of carbonyl (C=O) groups excluding carboxylic acids is 2. The first-order valence-corrected chi connectivity index (χ1v) is 12.6. The van der Waals surface area contributed by atoms with Gasteiger partial charge in [-0.3, -0.25) is 9.59 Å². The maximum atomic E-state index is 14.2. The molecule has 5 nitrogen and oxygen atoms in total. The molecule has 0 aliphatic carbocycles. The van der Waals surface area contributed by atoms with E-state index < -0.39 is 12.1 Å². The molecule has 3 aromatic carbocycles. The van der Waals surface area contributed by atoms with Crippen molar-refractivity contribution >= 4 is 11.8 Å². The number of carbonyl (C=O) groups is 2. The summed E-state index contributed by atoms with van der Waals surface area (Å²) >= 11 is 0. The molecule has 3 aromatic rings. The fourth-order valence-corrected chi connectivity index (χ4v) is 4.63. The van der Waals surface area contributed by atoms with Crippen molar-refractivity contribution in [2.75, 3.05) is 6.54 Å². The smallest absolute Gasteiger partial charge is 0.261 e. The van der Waals surface area contributed by atoms with E-state index in [2.05, 4.69) is 5.32 Å². The van der Waals surface area contributed by atoms with Gasteiger partial charge < -0.3 is 15.0 Å². The van der Waals surface area contributed by atoms with Gasteiger partial charge in [-0.05, 0) is 77.9 Å². The molecule has 1 heterocycles. The van der Waals surface area contributed by atoms with Gasteiger partial charge in [-0.2, -0.15) is 0 Å². The summed E-state index contributed by atoms with van der Waals surface area (Å²) in [6.07, 6.45) is 0.301. The van der Waals surface area contributed by atoms with Crippen LogP contribution in [-0.4, -0.2) is 29.4 Å². The Kier molecular flexibility index (Phi) is 8.21. The standard InChI is InChI=1S/C30H32F2N2O3/c1-19(2)15-28(35)34-14-13-22-9-12-26(17-27(22)29(34)23-5-4-6-25(32)16-23)37-20(3)30(36)33-18-21-7-10-24(31)11-8-21/h4-12,16-17,19-20,29H,13-15,18H2,1-3H3,(H,33,36)/t20-,29-/m1/s1. The first-order chi connectivity index (χ1) is 17.7. The third-order valence-corrected chi connectivity index (χ3v) is 6.48. The van der Waals surface area contributed by atoms with E-state index in [-0.39, 0.29) is 35.9 Å². The Morgan fingerprint density at radius 2 is 1.76 bits per heavy atom. The van der Waals surface area contributed by atoms with Gasteiger partial charge in [0.2, 0.25) is 5.91 Å². The highest BCUT2D eigenvalue weighted by Crippen LogP contribution is 2.38. The zero-order valence-electron chi connectivity index (χ0n) is 21.3. The van der Waals surface area contributed by atoms with Crippen LogP contribution in [0, 0.1) is 17.6 Å². The number of halogens is 2. The van der Waals surface area contributed by atoms with Crippen LogP contribution in [0.2, 0.25) is 0 Å². The fourth-order valence-electron chi connectivity index (χ4n) is 4.63. The van der Waals surface area contributed by atoms with Crippen LogP contribution >= 0.6 is 0 Å². The normalized spacial score (nSPS) is 15.7. The van der Waals surface area contributed by atoms with E-state index in [9.17, 15) is 18.4 Å². The second-order valence-corrected chi connectivity index (χ2v) is 9.86. The number of nitrogens with zero attached hydrogens (tertiary/aromatic N) is 1. The van der Waals surface area contributed by atoms with E-state index in [0.29, 0.717) is 30.7 Å². The summed E-state index contributed by atoms with van der Waals surface area (Å²) in [5, 5.41) is 2.80. The van der Waals surface area contributed by atoms with Gasteiger partial charge in [-0.1, -0.05) is 44.2 Å². The molecule has 2 atom stereocenters. The zero-order valence-corrected chi connectivity index (χ0v) is 21.3. The molecule has 7 heteroatoms. The molecule has 0 spiro atoms. The van der Waals surface area contributed by atoms with Crippen LogP contribution in [0.25, 0.3) is 0 Å². The third-order valence-electron chi connectivity index (χ3n) is 6.48. The van der Waals surface area contributed by atoms with Crippen LogP contribution < -0.4 is 10.1 Å². The van der Waals surface area contributed by atoms with Gasteiger partial charge in [0.25, 0.3) is 5.91 Å². The van der Waals surface area contributed by atoms with E-state index in [4.69, 9.17) is 4.74 Å². The Labute approximate surface area is 216 Å². The van der Waals surface area contributed by atoms with Crippen LogP contribution in [0.4, 0.5) is 8.78 Å². The highest BCUT2D eigenvalue weighted by atomic mass is 19.1. The number of rotatable bonds is 8. The molecule has 194 valence electrons. The second kappa shape index (κ2) is 11.5. The van der Waals surface area contributed by atoms with Crippen molar-refractivity contribution < 1.29 is 23.1 Å². The van der Waals surface area contributed by atoms with Crippen LogP contribution in [0.5, 0.6) is 5.75 Å². The minimum atomic E-state index is -0.784. The molecule has 0 saturated carbocycles. The van der Waals surface area contributed by atoms with Gasteiger partial charge in [0.05, 0.1) is 6.04 Å². The number of ether oxygens (including phenoxy) is 1. The third kappa shape index (κ3) is 6.53. The number of hydrogen-bond acceptors (Lipinski definition) is 3. The molecule has 0 bridgehead atoms. The largest absolute Gasteiger partial charge is 0.481 e. The Balaban J connectivity index is 1.55. The summed E-state index contributed by atoms with van der Waals surface area (Å²) in [4.78, 5) is 27.6. The highest BCUT2D eigenvalue weighted by molar-refractivity contribution is 5.80. The number of nitrogens with one attached hydrogen (secondary N) is 1. The van der Waals surface area contributed by atoms with Crippen molar-refractivity contribution in [2.24, 2.45) is 5.92 Å². The monoisotopic (exact) mass is 506 g/mol. The first-order valence-electron chi connectivity index (χ1n) is 12.6. The molecule has 4 rings (SSSR count). The lowest BCUT2D eigenvalue weighted by atomic mass is 9.87. The summed E-state index contributed by atoms with van der Waals surface area (Å²) in [7, 11) is 0. The van der Waals surface area contributed by atoms with Crippen molar-refractivity contribution in [3.05, 3.63) is 101 Å². The lowest BCUT2D eigenvalue weighted by molar-refractivity contribution is -0.134. The summed E-state index contributed by atoms with van der Waals surface area (Å²) < 4.78 is 33.3.